The molecule has 0 bridgehead atoms. The van der Waals surface area contributed by atoms with Crippen LogP contribution in [0.25, 0.3) is 0 Å². The predicted molar refractivity (Wildman–Crippen MR) is 97.6 cm³/mol. The molecule has 1 aliphatic rings. The standard InChI is InChI=1S/C20H39NO2/c1-3-4-5-8-11-17-21-19-15-12-14-18(19)13-9-6-7-10-16-20(22)23-2/h18-19,21H,3-17H2,1-2H3/t18-,19+/m1/s1. The van der Waals surface area contributed by atoms with Gasteiger partial charge in [-0.25, -0.2) is 0 Å². The maximum absolute atomic E-state index is 11.0. The predicted octanol–water partition coefficient (Wildman–Crippen LogP) is 5.23. The van der Waals surface area contributed by atoms with E-state index in [1.807, 2.05) is 0 Å². The fourth-order valence-corrected chi connectivity index (χ4v) is 3.80. The normalized spacial score (nSPS) is 20.8. The van der Waals surface area contributed by atoms with Crippen LogP contribution in [-0.4, -0.2) is 25.7 Å². The van der Waals surface area contributed by atoms with Gasteiger partial charge in [0.25, 0.3) is 0 Å². The van der Waals surface area contributed by atoms with Crippen LogP contribution in [0.3, 0.4) is 0 Å². The largest absolute Gasteiger partial charge is 0.469 e. The van der Waals surface area contributed by atoms with E-state index < -0.39 is 0 Å². The highest BCUT2D eigenvalue weighted by molar-refractivity contribution is 5.68. The summed E-state index contributed by atoms with van der Waals surface area (Å²) in [5, 5.41) is 3.82. The van der Waals surface area contributed by atoms with Crippen molar-refractivity contribution >= 4 is 5.97 Å². The molecule has 0 amide bonds. The van der Waals surface area contributed by atoms with Gasteiger partial charge in [-0.15, -0.1) is 0 Å². The maximum Gasteiger partial charge on any atom is 0.305 e. The van der Waals surface area contributed by atoms with Gasteiger partial charge in [-0.05, 0) is 44.6 Å². The van der Waals surface area contributed by atoms with Crippen molar-refractivity contribution in [3.05, 3.63) is 0 Å². The van der Waals surface area contributed by atoms with E-state index in [1.54, 1.807) is 0 Å². The van der Waals surface area contributed by atoms with Gasteiger partial charge in [0, 0.05) is 12.5 Å². The van der Waals surface area contributed by atoms with Gasteiger partial charge in [0.1, 0.15) is 0 Å². The third-order valence-electron chi connectivity index (χ3n) is 5.28. The number of hydrogen-bond acceptors (Lipinski definition) is 3. The Morgan fingerprint density at radius 1 is 1.00 bits per heavy atom. The zero-order valence-electron chi connectivity index (χ0n) is 15.6. The summed E-state index contributed by atoms with van der Waals surface area (Å²) in [7, 11) is 1.47. The molecule has 2 atom stereocenters. The molecule has 0 heterocycles. The second kappa shape index (κ2) is 13.8. The van der Waals surface area contributed by atoms with Gasteiger partial charge in [-0.2, -0.15) is 0 Å². The summed E-state index contributed by atoms with van der Waals surface area (Å²) >= 11 is 0. The van der Waals surface area contributed by atoms with Crippen molar-refractivity contribution in [3.63, 3.8) is 0 Å². The molecule has 0 radical (unpaired) electrons. The van der Waals surface area contributed by atoms with Crippen molar-refractivity contribution in [2.45, 2.75) is 103 Å². The molecule has 3 heteroatoms. The van der Waals surface area contributed by atoms with E-state index in [4.69, 9.17) is 0 Å². The van der Waals surface area contributed by atoms with E-state index >= 15 is 0 Å². The molecule has 23 heavy (non-hydrogen) atoms. The topological polar surface area (TPSA) is 38.3 Å². The molecule has 0 aromatic carbocycles. The highest BCUT2D eigenvalue weighted by atomic mass is 16.5. The number of ether oxygens (including phenoxy) is 1. The summed E-state index contributed by atoms with van der Waals surface area (Å²) in [5.74, 6) is 0.829. The van der Waals surface area contributed by atoms with Crippen LogP contribution in [0.4, 0.5) is 0 Å². The van der Waals surface area contributed by atoms with Crippen LogP contribution in [0.5, 0.6) is 0 Å². The van der Waals surface area contributed by atoms with Crippen molar-refractivity contribution < 1.29 is 9.53 Å². The Labute approximate surface area is 143 Å². The van der Waals surface area contributed by atoms with Crippen LogP contribution < -0.4 is 5.32 Å². The first kappa shape index (κ1) is 20.5. The molecule has 0 aliphatic heterocycles. The molecule has 0 unspecified atom stereocenters. The first-order chi connectivity index (χ1) is 11.3. The minimum absolute atomic E-state index is 0.0657. The molecule has 0 aromatic heterocycles. The Kier molecular flexibility index (Phi) is 12.3. The Morgan fingerprint density at radius 2 is 1.74 bits per heavy atom. The average Bonchev–Trinajstić information content (AvgIpc) is 3.01. The van der Waals surface area contributed by atoms with Crippen molar-refractivity contribution in [2.24, 2.45) is 5.92 Å². The Morgan fingerprint density at radius 3 is 2.52 bits per heavy atom. The van der Waals surface area contributed by atoms with Gasteiger partial charge in [-0.3, -0.25) is 4.79 Å². The number of unbranched alkanes of at least 4 members (excludes halogenated alkanes) is 7. The third kappa shape index (κ3) is 10.0. The number of rotatable bonds is 14. The molecule has 136 valence electrons. The summed E-state index contributed by atoms with van der Waals surface area (Å²) in [6.45, 7) is 3.49. The first-order valence-corrected chi connectivity index (χ1v) is 10.1. The summed E-state index contributed by atoms with van der Waals surface area (Å²) < 4.78 is 4.67. The van der Waals surface area contributed by atoms with Gasteiger partial charge in [-0.1, -0.05) is 58.3 Å². The molecular formula is C20H39NO2. The fourth-order valence-electron chi connectivity index (χ4n) is 3.80. The molecule has 3 nitrogen and oxygen atoms in total. The smallest absolute Gasteiger partial charge is 0.305 e. The van der Waals surface area contributed by atoms with E-state index in [0.29, 0.717) is 6.42 Å². The Hall–Kier alpha value is -0.570. The maximum atomic E-state index is 11.0. The lowest BCUT2D eigenvalue weighted by Gasteiger charge is -2.21. The highest BCUT2D eigenvalue weighted by Crippen LogP contribution is 2.30. The first-order valence-electron chi connectivity index (χ1n) is 10.1. The Bertz CT molecular complexity index is 293. The summed E-state index contributed by atoms with van der Waals surface area (Å²) in [5.41, 5.74) is 0. The SMILES string of the molecule is CCCCCCCN[C@H]1CCC[C@H]1CCCCCCC(=O)OC. The van der Waals surface area contributed by atoms with Crippen LogP contribution in [-0.2, 0) is 9.53 Å². The van der Waals surface area contributed by atoms with Crippen LogP contribution in [0.2, 0.25) is 0 Å². The molecule has 1 rings (SSSR count). The molecule has 1 N–H and O–H groups in total. The molecule has 1 aliphatic carbocycles. The molecule has 0 spiro atoms. The van der Waals surface area contributed by atoms with Gasteiger partial charge >= 0.3 is 5.97 Å². The molecule has 0 aromatic rings. The molecular weight excluding hydrogens is 286 g/mol. The van der Waals surface area contributed by atoms with Crippen LogP contribution in [0, 0.1) is 5.92 Å². The van der Waals surface area contributed by atoms with Gasteiger partial charge in [0.2, 0.25) is 0 Å². The molecule has 1 saturated carbocycles. The van der Waals surface area contributed by atoms with Gasteiger partial charge < -0.3 is 10.1 Å². The minimum atomic E-state index is -0.0657. The van der Waals surface area contributed by atoms with Crippen molar-refractivity contribution in [1.29, 1.82) is 0 Å². The zero-order chi connectivity index (χ0) is 16.8. The lowest BCUT2D eigenvalue weighted by Crippen LogP contribution is -2.33. The van der Waals surface area contributed by atoms with E-state index in [-0.39, 0.29) is 5.97 Å². The monoisotopic (exact) mass is 325 g/mol. The van der Waals surface area contributed by atoms with E-state index in [2.05, 4.69) is 17.0 Å². The third-order valence-corrected chi connectivity index (χ3v) is 5.28. The molecule has 1 fully saturated rings. The van der Waals surface area contributed by atoms with E-state index in [9.17, 15) is 4.79 Å². The van der Waals surface area contributed by atoms with E-state index in [0.717, 1.165) is 24.8 Å². The van der Waals surface area contributed by atoms with E-state index in [1.165, 1.54) is 84.3 Å². The zero-order valence-corrected chi connectivity index (χ0v) is 15.6. The van der Waals surface area contributed by atoms with Crippen LogP contribution in [0.1, 0.15) is 96.8 Å². The number of hydrogen-bond donors (Lipinski definition) is 1. The van der Waals surface area contributed by atoms with Crippen LogP contribution in [0.15, 0.2) is 0 Å². The summed E-state index contributed by atoms with van der Waals surface area (Å²) in [6.07, 6.45) is 17.7. The minimum Gasteiger partial charge on any atom is -0.469 e. The number of methoxy groups -OCH3 is 1. The highest BCUT2D eigenvalue weighted by Gasteiger charge is 2.25. The van der Waals surface area contributed by atoms with Crippen molar-refractivity contribution in [1.82, 2.24) is 5.32 Å². The number of carbonyl (C=O) groups is 1. The number of carbonyl (C=O) groups excluding carboxylic acids is 1. The second-order valence-electron chi connectivity index (χ2n) is 7.19. The fraction of sp³-hybridized carbons (Fsp3) is 0.950. The lowest BCUT2D eigenvalue weighted by molar-refractivity contribution is -0.140. The van der Waals surface area contributed by atoms with Crippen molar-refractivity contribution in [2.75, 3.05) is 13.7 Å². The summed E-state index contributed by atoms with van der Waals surface area (Å²) in [4.78, 5) is 11.0. The van der Waals surface area contributed by atoms with Gasteiger partial charge in [0.05, 0.1) is 7.11 Å². The second-order valence-corrected chi connectivity index (χ2v) is 7.19. The Balaban J connectivity index is 1.99. The lowest BCUT2D eigenvalue weighted by atomic mass is 9.95. The number of nitrogens with one attached hydrogen (secondary N) is 1. The average molecular weight is 326 g/mol. The van der Waals surface area contributed by atoms with Gasteiger partial charge in [0.15, 0.2) is 0 Å². The summed E-state index contributed by atoms with van der Waals surface area (Å²) in [6, 6.07) is 0.774. The quantitative estimate of drug-likeness (QED) is 0.351. The van der Waals surface area contributed by atoms with Crippen molar-refractivity contribution in [3.8, 4) is 0 Å². The number of esters is 1. The van der Waals surface area contributed by atoms with Crippen LogP contribution >= 0.6 is 0 Å². The molecule has 0 saturated heterocycles.